The Morgan fingerprint density at radius 3 is 0.750 bits per heavy atom. The first-order valence-electron chi connectivity index (χ1n) is 0.478. The van der Waals surface area contributed by atoms with Gasteiger partial charge in [0.25, 0.3) is 0 Å². The standard InChI is InChI=1S/4ClH.2H2N.2Pd/h4*1H;2*1H2;;/q;;;;2*-1;;+4/p-4. The van der Waals surface area contributed by atoms with Gasteiger partial charge in [-0.25, -0.2) is 0 Å². The largest absolute Gasteiger partial charge is 0.693 e. The average Bonchev–Trinajstić information content (AvgIpc) is 0.722. The molecule has 0 aromatic rings. The first kappa shape index (κ1) is 22.4. The summed E-state index contributed by atoms with van der Waals surface area (Å²) in [6, 6.07) is 0. The molecule has 0 amide bonds. The molecule has 0 saturated heterocycles. The van der Waals surface area contributed by atoms with Gasteiger partial charge in [-0.15, -0.1) is 0 Å². The van der Waals surface area contributed by atoms with Crippen LogP contribution in [-0.4, -0.2) is 0 Å². The summed E-state index contributed by atoms with van der Waals surface area (Å²) in [4.78, 5) is 0. The Kier molecular flexibility index (Phi) is 26.4. The Balaban J connectivity index is -0.0000000267. The van der Waals surface area contributed by atoms with E-state index in [0.29, 0.717) is 0 Å². The van der Waals surface area contributed by atoms with Crippen molar-refractivity contribution >= 4 is 38.1 Å². The van der Waals surface area contributed by atoms with E-state index in [1.54, 1.807) is 0 Å². The fraction of sp³-hybridized carbons (Fsp3) is 0. The molecule has 0 bridgehead atoms. The molecule has 0 rings (SSSR count). The van der Waals surface area contributed by atoms with Crippen LogP contribution in [0.4, 0.5) is 0 Å². The molecule has 4 N–H and O–H groups in total. The monoisotopic (exact) mass is 384 g/mol. The van der Waals surface area contributed by atoms with Crippen LogP contribution in [0.25, 0.3) is 12.3 Å². The molecule has 0 heterocycles. The number of halogens is 4. The topological polar surface area (TPSA) is 67.0 Å². The molecule has 0 fully saturated rings. The van der Waals surface area contributed by atoms with E-state index in [9.17, 15) is 0 Å². The molecule has 0 radical (unpaired) electrons. The van der Waals surface area contributed by atoms with E-state index in [1.807, 2.05) is 0 Å². The number of hydrogen-bond acceptors (Lipinski definition) is 0. The van der Waals surface area contributed by atoms with Crippen molar-refractivity contribution in [2.24, 2.45) is 0 Å². The van der Waals surface area contributed by atoms with Gasteiger partial charge in [-0.3, -0.25) is 0 Å². The predicted molar refractivity (Wildman–Crippen MR) is 34.0 cm³/mol. The summed E-state index contributed by atoms with van der Waals surface area (Å²) in [5.74, 6) is 0. The normalized spacial score (nSPS) is 9.50. The second kappa shape index (κ2) is 9.40. The molecule has 0 atom stereocenters. The fourth-order valence-electron chi connectivity index (χ4n) is 0. The van der Waals surface area contributed by atoms with Gasteiger partial charge in [0.15, 0.2) is 0 Å². The van der Waals surface area contributed by atoms with Crippen molar-refractivity contribution < 1.29 is 31.9 Å². The van der Waals surface area contributed by atoms with Crippen LogP contribution in [0.2, 0.25) is 0 Å². The Bertz CT molecular complexity index is 27.5. The van der Waals surface area contributed by atoms with Gasteiger partial charge in [-0.05, 0) is 0 Å². The van der Waals surface area contributed by atoms with Crippen molar-refractivity contribution in [3.63, 3.8) is 0 Å². The smallest absolute Gasteiger partial charge is 0 e. The van der Waals surface area contributed by atoms with Crippen LogP contribution < -0.4 is 0 Å². The molecule has 0 aliphatic rings. The number of rotatable bonds is 0. The van der Waals surface area contributed by atoms with Crippen LogP contribution in [0.1, 0.15) is 0 Å². The maximum Gasteiger partial charge on any atom is 0 e. The Labute approximate surface area is 81.3 Å². The summed E-state index contributed by atoms with van der Waals surface area (Å²) in [5.41, 5.74) is 0. The molecule has 64 valence electrons. The van der Waals surface area contributed by atoms with Crippen molar-refractivity contribution in [3.8, 4) is 0 Å². The average molecular weight is 387 g/mol. The molecular weight excluding hydrogens is 383 g/mol. The SMILES string of the molecule is [Cl][Pd]([Cl])([Cl])[Cl].[NH2-].[NH2-].[Pd]. The minimum atomic E-state index is -2.81. The molecule has 2 nitrogen and oxygen atoms in total. The zero-order chi connectivity index (χ0) is 4.50. The van der Waals surface area contributed by atoms with Crippen molar-refractivity contribution in [2.45, 2.75) is 0 Å². The zero-order valence-electron chi connectivity index (χ0n) is 3.30. The van der Waals surface area contributed by atoms with Crippen molar-refractivity contribution in [2.75, 3.05) is 0 Å². The molecule has 0 aromatic carbocycles. The third-order valence-corrected chi connectivity index (χ3v) is 0. The summed E-state index contributed by atoms with van der Waals surface area (Å²) in [6.45, 7) is 0. The molecule has 8 heavy (non-hydrogen) atoms. The van der Waals surface area contributed by atoms with Crippen LogP contribution in [0, 0.1) is 0 Å². The number of hydrogen-bond donors (Lipinski definition) is 0. The third-order valence-electron chi connectivity index (χ3n) is 0. The quantitative estimate of drug-likeness (QED) is 0.560. The Hall–Kier alpha value is 2.40. The van der Waals surface area contributed by atoms with E-state index in [4.69, 9.17) is 38.1 Å². The van der Waals surface area contributed by atoms with E-state index in [-0.39, 0.29) is 32.7 Å². The second-order valence-electron chi connectivity index (χ2n) is 0.271. The summed E-state index contributed by atoms with van der Waals surface area (Å²) in [6.07, 6.45) is 0. The first-order valence-corrected chi connectivity index (χ1v) is 8.49. The summed E-state index contributed by atoms with van der Waals surface area (Å²) in [7, 11) is 19.9. The molecule has 0 spiro atoms. The van der Waals surface area contributed by atoms with Crippen LogP contribution in [0.5, 0.6) is 0 Å². The van der Waals surface area contributed by atoms with Gasteiger partial charge in [0, 0.05) is 20.4 Å². The second-order valence-corrected chi connectivity index (χ2v) is 14.4. The van der Waals surface area contributed by atoms with Crippen LogP contribution in [-0.2, 0) is 31.9 Å². The maximum atomic E-state index is 4.98. The van der Waals surface area contributed by atoms with Gasteiger partial charge >= 0.3 is 49.6 Å². The van der Waals surface area contributed by atoms with Gasteiger partial charge in [0.05, 0.1) is 0 Å². The van der Waals surface area contributed by atoms with Crippen LogP contribution in [0.15, 0.2) is 0 Å². The van der Waals surface area contributed by atoms with Gasteiger partial charge in [0.1, 0.15) is 0 Å². The molecule has 0 aliphatic heterocycles. The summed E-state index contributed by atoms with van der Waals surface area (Å²) in [5, 5.41) is 0. The summed E-state index contributed by atoms with van der Waals surface area (Å²) >= 11 is -2.81. The molecular formula is H4Cl4N2Pd2-2. The fourth-order valence-corrected chi connectivity index (χ4v) is 0. The van der Waals surface area contributed by atoms with E-state index < -0.39 is 11.5 Å². The van der Waals surface area contributed by atoms with Crippen molar-refractivity contribution in [3.05, 3.63) is 12.3 Å². The van der Waals surface area contributed by atoms with Crippen LogP contribution >= 0.6 is 38.1 Å². The zero-order valence-corrected chi connectivity index (χ0v) is 9.43. The van der Waals surface area contributed by atoms with E-state index in [2.05, 4.69) is 0 Å². The van der Waals surface area contributed by atoms with Gasteiger partial charge in [-0.2, -0.15) is 0 Å². The molecule has 0 saturated carbocycles. The van der Waals surface area contributed by atoms with Crippen LogP contribution in [0.3, 0.4) is 0 Å². The van der Waals surface area contributed by atoms with Crippen molar-refractivity contribution in [1.82, 2.24) is 0 Å². The first-order chi connectivity index (χ1) is 2.00. The number of nitrogens with two attached hydrogens (primary N) is 2. The van der Waals surface area contributed by atoms with E-state index in [1.165, 1.54) is 0 Å². The van der Waals surface area contributed by atoms with E-state index in [0.717, 1.165) is 0 Å². The molecule has 0 aliphatic carbocycles. The molecule has 8 heteroatoms. The minimum absolute atomic E-state index is 0. The summed E-state index contributed by atoms with van der Waals surface area (Å²) < 4.78 is 0. The van der Waals surface area contributed by atoms with E-state index >= 15 is 0 Å². The third kappa shape index (κ3) is 79.7. The predicted octanol–water partition coefficient (Wildman–Crippen LogP) is 4.19. The van der Waals surface area contributed by atoms with Crippen molar-refractivity contribution in [1.29, 1.82) is 0 Å². The van der Waals surface area contributed by atoms with Gasteiger partial charge in [0.2, 0.25) is 0 Å². The van der Waals surface area contributed by atoms with Gasteiger partial charge < -0.3 is 12.3 Å². The molecule has 0 unspecified atom stereocenters. The Morgan fingerprint density at radius 1 is 0.750 bits per heavy atom. The maximum absolute atomic E-state index is 4.98. The Morgan fingerprint density at radius 2 is 0.750 bits per heavy atom. The van der Waals surface area contributed by atoms with Gasteiger partial charge in [-0.1, -0.05) is 0 Å². The molecule has 0 aromatic heterocycles. The minimum Gasteiger partial charge on any atom is -0.693 e.